The third kappa shape index (κ3) is 8.25. The van der Waals surface area contributed by atoms with Crippen LogP contribution in [0, 0.1) is 0 Å². The topological polar surface area (TPSA) is 35.2 Å². The number of ether oxygens (including phenoxy) is 1. The maximum Gasteiger partial charge on any atom is 0.0716 e. The summed E-state index contributed by atoms with van der Waals surface area (Å²) >= 11 is 1.97. The molecule has 96 valence electrons. The van der Waals surface area contributed by atoms with Crippen LogP contribution in [-0.4, -0.2) is 24.2 Å². The normalized spacial score (nSPS) is 12.6. The van der Waals surface area contributed by atoms with Crippen LogP contribution in [0.2, 0.25) is 0 Å². The van der Waals surface area contributed by atoms with Gasteiger partial charge in [0.15, 0.2) is 0 Å². The van der Waals surface area contributed by atoms with Gasteiger partial charge in [-0.2, -0.15) is 11.8 Å². The van der Waals surface area contributed by atoms with E-state index in [-0.39, 0.29) is 0 Å². The first-order chi connectivity index (χ1) is 8.29. The van der Waals surface area contributed by atoms with Gasteiger partial charge in [0.05, 0.1) is 6.61 Å². The van der Waals surface area contributed by atoms with E-state index in [1.165, 1.54) is 11.3 Å². The van der Waals surface area contributed by atoms with Crippen LogP contribution < -0.4 is 5.73 Å². The lowest BCUT2D eigenvalue weighted by molar-refractivity contribution is 0.122. The molecule has 0 bridgehead atoms. The number of thioether (sulfide) groups is 1. The summed E-state index contributed by atoms with van der Waals surface area (Å²) in [5.41, 5.74) is 6.93. The molecule has 0 amide bonds. The van der Waals surface area contributed by atoms with Crippen molar-refractivity contribution in [2.45, 2.75) is 32.4 Å². The molecule has 0 aliphatic carbocycles. The molecule has 0 aromatic heterocycles. The van der Waals surface area contributed by atoms with Gasteiger partial charge in [0.25, 0.3) is 0 Å². The molecule has 0 saturated carbocycles. The van der Waals surface area contributed by atoms with Gasteiger partial charge >= 0.3 is 0 Å². The second-order valence-electron chi connectivity index (χ2n) is 4.27. The number of hydrogen-bond acceptors (Lipinski definition) is 3. The molecule has 1 unspecified atom stereocenters. The Balaban J connectivity index is 1.88. The van der Waals surface area contributed by atoms with Crippen molar-refractivity contribution >= 4 is 11.8 Å². The number of nitrogens with two attached hydrogens (primary N) is 1. The van der Waals surface area contributed by atoms with Crippen molar-refractivity contribution in [1.29, 1.82) is 0 Å². The van der Waals surface area contributed by atoms with Crippen molar-refractivity contribution in [3.8, 4) is 0 Å². The number of hydrogen-bond donors (Lipinski definition) is 1. The van der Waals surface area contributed by atoms with E-state index in [1.54, 1.807) is 0 Å². The second-order valence-corrected chi connectivity index (χ2v) is 5.49. The van der Waals surface area contributed by atoms with Gasteiger partial charge in [-0.15, -0.1) is 0 Å². The SMILES string of the molecule is CC(N)CCSCCCOCc1ccccc1. The Hall–Kier alpha value is -0.510. The molecule has 0 radical (unpaired) electrons. The molecule has 0 aliphatic rings. The molecule has 1 aromatic rings. The predicted octanol–water partition coefficient (Wildman–Crippen LogP) is 3.06. The minimum atomic E-state index is 0.330. The lowest BCUT2D eigenvalue weighted by Gasteiger charge is -2.05. The Kier molecular flexibility index (Phi) is 8.14. The summed E-state index contributed by atoms with van der Waals surface area (Å²) in [7, 11) is 0. The monoisotopic (exact) mass is 253 g/mol. The standard InChI is InChI=1S/C14H23NOS/c1-13(15)8-11-17-10-5-9-16-12-14-6-3-2-4-7-14/h2-4,6-7,13H,5,8-12,15H2,1H3. The van der Waals surface area contributed by atoms with E-state index in [9.17, 15) is 0 Å². The fourth-order valence-electron chi connectivity index (χ4n) is 1.40. The molecule has 0 spiro atoms. The molecular formula is C14H23NOS. The molecule has 2 nitrogen and oxygen atoms in total. The summed E-state index contributed by atoms with van der Waals surface area (Å²) in [4.78, 5) is 0. The maximum atomic E-state index is 5.68. The smallest absolute Gasteiger partial charge is 0.0716 e. The second kappa shape index (κ2) is 9.51. The van der Waals surface area contributed by atoms with E-state index in [4.69, 9.17) is 10.5 Å². The summed E-state index contributed by atoms with van der Waals surface area (Å²) in [6.07, 6.45) is 2.23. The van der Waals surface area contributed by atoms with Gasteiger partial charge in [0.1, 0.15) is 0 Å². The summed E-state index contributed by atoms with van der Waals surface area (Å²) in [5.74, 6) is 2.33. The molecule has 1 atom stereocenters. The third-order valence-corrected chi connectivity index (χ3v) is 3.51. The van der Waals surface area contributed by atoms with Crippen LogP contribution in [0.3, 0.4) is 0 Å². The molecule has 0 heterocycles. The van der Waals surface area contributed by atoms with Crippen molar-refractivity contribution in [1.82, 2.24) is 0 Å². The Morgan fingerprint density at radius 3 is 2.71 bits per heavy atom. The summed E-state index contributed by atoms with van der Waals surface area (Å²) in [6.45, 7) is 3.63. The predicted molar refractivity (Wildman–Crippen MR) is 76.3 cm³/mol. The molecule has 0 fully saturated rings. The van der Waals surface area contributed by atoms with Crippen molar-refractivity contribution in [2.75, 3.05) is 18.1 Å². The van der Waals surface area contributed by atoms with Gasteiger partial charge in [0.2, 0.25) is 0 Å². The minimum Gasteiger partial charge on any atom is -0.377 e. The van der Waals surface area contributed by atoms with Crippen LogP contribution in [0.5, 0.6) is 0 Å². The molecule has 0 saturated heterocycles. The maximum absolute atomic E-state index is 5.68. The van der Waals surface area contributed by atoms with Crippen LogP contribution in [0.4, 0.5) is 0 Å². The zero-order valence-electron chi connectivity index (χ0n) is 10.6. The third-order valence-electron chi connectivity index (χ3n) is 2.41. The van der Waals surface area contributed by atoms with E-state index >= 15 is 0 Å². The van der Waals surface area contributed by atoms with Crippen LogP contribution in [-0.2, 0) is 11.3 Å². The fraction of sp³-hybridized carbons (Fsp3) is 0.571. The van der Waals surface area contributed by atoms with Crippen molar-refractivity contribution in [3.05, 3.63) is 35.9 Å². The van der Waals surface area contributed by atoms with Crippen LogP contribution >= 0.6 is 11.8 Å². The Morgan fingerprint density at radius 1 is 1.24 bits per heavy atom. The van der Waals surface area contributed by atoms with Crippen LogP contribution in [0.1, 0.15) is 25.3 Å². The first kappa shape index (κ1) is 14.6. The van der Waals surface area contributed by atoms with Gasteiger partial charge in [-0.3, -0.25) is 0 Å². The Labute approximate surface area is 109 Å². The molecule has 3 heteroatoms. The van der Waals surface area contributed by atoms with Gasteiger partial charge in [-0.25, -0.2) is 0 Å². The molecule has 1 rings (SSSR count). The van der Waals surface area contributed by atoms with Gasteiger partial charge in [-0.05, 0) is 36.8 Å². The van der Waals surface area contributed by atoms with E-state index in [1.807, 2.05) is 30.0 Å². The molecule has 17 heavy (non-hydrogen) atoms. The number of rotatable bonds is 9. The van der Waals surface area contributed by atoms with Crippen molar-refractivity contribution in [2.24, 2.45) is 5.73 Å². The van der Waals surface area contributed by atoms with Crippen molar-refractivity contribution in [3.63, 3.8) is 0 Å². The lowest BCUT2D eigenvalue weighted by atomic mass is 10.2. The Bertz CT molecular complexity index is 277. The highest BCUT2D eigenvalue weighted by Crippen LogP contribution is 2.06. The summed E-state index contributed by atoms with van der Waals surface area (Å²) < 4.78 is 5.61. The van der Waals surface area contributed by atoms with Crippen molar-refractivity contribution < 1.29 is 4.74 Å². The molecule has 1 aromatic carbocycles. The largest absolute Gasteiger partial charge is 0.377 e. The highest BCUT2D eigenvalue weighted by Gasteiger charge is 1.95. The highest BCUT2D eigenvalue weighted by atomic mass is 32.2. The quantitative estimate of drug-likeness (QED) is 0.687. The first-order valence-electron chi connectivity index (χ1n) is 6.24. The summed E-state index contributed by atoms with van der Waals surface area (Å²) in [6, 6.07) is 10.6. The highest BCUT2D eigenvalue weighted by molar-refractivity contribution is 7.99. The Morgan fingerprint density at radius 2 is 2.00 bits per heavy atom. The van der Waals surface area contributed by atoms with E-state index < -0.39 is 0 Å². The minimum absolute atomic E-state index is 0.330. The first-order valence-corrected chi connectivity index (χ1v) is 7.39. The number of benzene rings is 1. The van der Waals surface area contributed by atoms with Crippen LogP contribution in [0.25, 0.3) is 0 Å². The molecular weight excluding hydrogens is 230 g/mol. The average molecular weight is 253 g/mol. The molecule has 0 aliphatic heterocycles. The fourth-order valence-corrected chi connectivity index (χ4v) is 2.46. The molecule has 2 N–H and O–H groups in total. The van der Waals surface area contributed by atoms with Gasteiger partial charge in [0, 0.05) is 12.6 Å². The van der Waals surface area contributed by atoms with E-state index in [0.29, 0.717) is 6.04 Å². The van der Waals surface area contributed by atoms with E-state index in [0.717, 1.165) is 31.8 Å². The zero-order chi connectivity index (χ0) is 12.3. The average Bonchev–Trinajstić information content (AvgIpc) is 2.33. The van der Waals surface area contributed by atoms with Gasteiger partial charge in [-0.1, -0.05) is 30.3 Å². The van der Waals surface area contributed by atoms with Gasteiger partial charge < -0.3 is 10.5 Å². The lowest BCUT2D eigenvalue weighted by Crippen LogP contribution is -2.15. The van der Waals surface area contributed by atoms with E-state index in [2.05, 4.69) is 19.1 Å². The zero-order valence-corrected chi connectivity index (χ0v) is 11.4. The summed E-state index contributed by atoms with van der Waals surface area (Å²) in [5, 5.41) is 0. The van der Waals surface area contributed by atoms with Crippen LogP contribution in [0.15, 0.2) is 30.3 Å².